The Morgan fingerprint density at radius 1 is 0.842 bits per heavy atom. The fraction of sp³-hybridized carbons (Fsp3) is 0.133. The Hall–Kier alpha value is -2.00. The van der Waals surface area contributed by atoms with E-state index in [0.717, 1.165) is 11.1 Å². The van der Waals surface area contributed by atoms with Crippen molar-refractivity contribution in [1.82, 2.24) is 4.90 Å². The minimum Gasteiger partial charge on any atom is -0.370 e. The highest BCUT2D eigenvalue weighted by atomic mass is 35.5. The molecule has 0 heterocycles. The highest BCUT2D eigenvalue weighted by Crippen LogP contribution is 2.09. The number of nitrogens with zero attached hydrogens (tertiary/aromatic N) is 1. The van der Waals surface area contributed by atoms with Crippen molar-refractivity contribution in [3.05, 3.63) is 71.8 Å². The Labute approximate surface area is 120 Å². The molecule has 0 aliphatic rings. The molecule has 0 saturated heterocycles. The lowest BCUT2D eigenvalue weighted by molar-refractivity contribution is 0.399. The van der Waals surface area contributed by atoms with Crippen LogP contribution in [0, 0.1) is 5.41 Å². The largest absolute Gasteiger partial charge is 0.370 e. The second-order valence-corrected chi connectivity index (χ2v) is 4.21. The lowest BCUT2D eigenvalue weighted by Crippen LogP contribution is -2.35. The van der Waals surface area contributed by atoms with Gasteiger partial charge >= 0.3 is 0 Å². The number of rotatable bonds is 4. The third kappa shape index (κ3) is 4.64. The van der Waals surface area contributed by atoms with Gasteiger partial charge in [-0.05, 0) is 11.1 Å². The normalized spacial score (nSPS) is 9.47. The summed E-state index contributed by atoms with van der Waals surface area (Å²) in [6, 6.07) is 20.1. The maximum Gasteiger partial charge on any atom is 0.188 e. The van der Waals surface area contributed by atoms with Crippen LogP contribution < -0.4 is 5.73 Å². The average molecular weight is 276 g/mol. The zero-order valence-corrected chi connectivity index (χ0v) is 11.4. The van der Waals surface area contributed by atoms with Crippen LogP contribution in [0.4, 0.5) is 0 Å². The van der Waals surface area contributed by atoms with Gasteiger partial charge in [0.1, 0.15) is 0 Å². The molecule has 4 heteroatoms. The zero-order valence-electron chi connectivity index (χ0n) is 10.6. The second-order valence-electron chi connectivity index (χ2n) is 4.21. The first-order valence-corrected chi connectivity index (χ1v) is 5.92. The molecule has 2 rings (SSSR count). The van der Waals surface area contributed by atoms with Crippen LogP contribution in [0.15, 0.2) is 60.7 Å². The van der Waals surface area contributed by atoms with Crippen LogP contribution in [0.2, 0.25) is 0 Å². The van der Waals surface area contributed by atoms with Crippen molar-refractivity contribution in [2.45, 2.75) is 13.1 Å². The average Bonchev–Trinajstić information content (AvgIpc) is 2.40. The third-order valence-corrected chi connectivity index (χ3v) is 2.77. The maximum absolute atomic E-state index is 7.65. The number of nitrogens with two attached hydrogens (primary N) is 1. The molecule has 2 aromatic carbocycles. The van der Waals surface area contributed by atoms with E-state index in [1.165, 1.54) is 0 Å². The standard InChI is InChI=1S/C15H17N3.ClH/c16-15(17)18(11-13-7-3-1-4-8-13)12-14-9-5-2-6-10-14;/h1-10H,11-12H2,(H3,16,17);1H. The van der Waals surface area contributed by atoms with E-state index in [-0.39, 0.29) is 18.4 Å². The van der Waals surface area contributed by atoms with Crippen LogP contribution in [0.1, 0.15) is 11.1 Å². The molecule has 0 bridgehead atoms. The molecular weight excluding hydrogens is 258 g/mol. The molecule has 0 aliphatic heterocycles. The van der Waals surface area contributed by atoms with Crippen molar-refractivity contribution in [2.24, 2.45) is 5.73 Å². The van der Waals surface area contributed by atoms with Crippen LogP contribution in [-0.4, -0.2) is 10.9 Å². The molecular formula is C15H18ClN3. The van der Waals surface area contributed by atoms with Crippen LogP contribution in [0.25, 0.3) is 0 Å². The predicted octanol–water partition coefficient (Wildman–Crippen LogP) is 3.00. The number of hydrogen-bond acceptors (Lipinski definition) is 1. The summed E-state index contributed by atoms with van der Waals surface area (Å²) in [5, 5.41) is 7.65. The van der Waals surface area contributed by atoms with Gasteiger partial charge in [-0.15, -0.1) is 12.4 Å². The predicted molar refractivity (Wildman–Crippen MR) is 81.3 cm³/mol. The quantitative estimate of drug-likeness (QED) is 0.666. The topological polar surface area (TPSA) is 53.1 Å². The Bertz CT molecular complexity index is 458. The van der Waals surface area contributed by atoms with E-state index in [1.54, 1.807) is 0 Å². The number of benzene rings is 2. The highest BCUT2D eigenvalue weighted by molar-refractivity contribution is 5.85. The monoisotopic (exact) mass is 275 g/mol. The van der Waals surface area contributed by atoms with Crippen LogP contribution in [0.3, 0.4) is 0 Å². The van der Waals surface area contributed by atoms with Gasteiger partial charge < -0.3 is 10.6 Å². The van der Waals surface area contributed by atoms with Gasteiger partial charge in [-0.2, -0.15) is 0 Å². The summed E-state index contributed by atoms with van der Waals surface area (Å²) >= 11 is 0. The van der Waals surface area contributed by atoms with Crippen LogP contribution in [0.5, 0.6) is 0 Å². The molecule has 0 aromatic heterocycles. The molecule has 100 valence electrons. The molecule has 3 N–H and O–H groups in total. The van der Waals surface area contributed by atoms with Crippen molar-refractivity contribution in [1.29, 1.82) is 5.41 Å². The minimum absolute atomic E-state index is 0. The molecule has 0 saturated carbocycles. The first-order chi connectivity index (χ1) is 8.75. The number of halogens is 1. The summed E-state index contributed by atoms with van der Waals surface area (Å²) in [6.45, 7) is 1.32. The summed E-state index contributed by atoms with van der Waals surface area (Å²) in [5.41, 5.74) is 7.95. The van der Waals surface area contributed by atoms with Crippen molar-refractivity contribution in [3.63, 3.8) is 0 Å². The summed E-state index contributed by atoms with van der Waals surface area (Å²) in [6.07, 6.45) is 0. The van der Waals surface area contributed by atoms with E-state index in [1.807, 2.05) is 65.6 Å². The Morgan fingerprint density at radius 2 is 1.21 bits per heavy atom. The fourth-order valence-corrected chi connectivity index (χ4v) is 1.83. The van der Waals surface area contributed by atoms with Gasteiger partial charge in [0.05, 0.1) is 0 Å². The van der Waals surface area contributed by atoms with Gasteiger partial charge in [-0.1, -0.05) is 60.7 Å². The summed E-state index contributed by atoms with van der Waals surface area (Å²) in [4.78, 5) is 1.85. The molecule has 0 aliphatic carbocycles. The first kappa shape index (κ1) is 15.1. The van der Waals surface area contributed by atoms with E-state index in [9.17, 15) is 0 Å². The molecule has 0 spiro atoms. The smallest absolute Gasteiger partial charge is 0.188 e. The minimum atomic E-state index is 0. The Balaban J connectivity index is 0.00000180. The summed E-state index contributed by atoms with van der Waals surface area (Å²) in [5.74, 6) is 0.0997. The van der Waals surface area contributed by atoms with Gasteiger partial charge in [0, 0.05) is 13.1 Å². The molecule has 2 aromatic rings. The van der Waals surface area contributed by atoms with E-state index in [2.05, 4.69) is 0 Å². The van der Waals surface area contributed by atoms with Crippen molar-refractivity contribution in [2.75, 3.05) is 0 Å². The molecule has 3 nitrogen and oxygen atoms in total. The lowest BCUT2D eigenvalue weighted by atomic mass is 10.2. The van der Waals surface area contributed by atoms with Gasteiger partial charge in [0.2, 0.25) is 0 Å². The molecule has 0 atom stereocenters. The van der Waals surface area contributed by atoms with E-state index in [0.29, 0.717) is 13.1 Å². The molecule has 0 amide bonds. The Kier molecular flexibility index (Phi) is 5.90. The van der Waals surface area contributed by atoms with Gasteiger partial charge in [-0.25, -0.2) is 0 Å². The molecule has 0 unspecified atom stereocenters. The molecule has 0 fully saturated rings. The van der Waals surface area contributed by atoms with Crippen molar-refractivity contribution < 1.29 is 0 Å². The van der Waals surface area contributed by atoms with E-state index >= 15 is 0 Å². The highest BCUT2D eigenvalue weighted by Gasteiger charge is 2.07. The fourth-order valence-electron chi connectivity index (χ4n) is 1.83. The Morgan fingerprint density at radius 3 is 1.53 bits per heavy atom. The van der Waals surface area contributed by atoms with Crippen LogP contribution >= 0.6 is 12.4 Å². The second kappa shape index (κ2) is 7.44. The SMILES string of the molecule is Cl.N=C(N)N(Cc1ccccc1)Cc1ccccc1. The van der Waals surface area contributed by atoms with Gasteiger partial charge in [0.25, 0.3) is 0 Å². The summed E-state index contributed by atoms with van der Waals surface area (Å²) < 4.78 is 0. The van der Waals surface area contributed by atoms with E-state index in [4.69, 9.17) is 11.1 Å². The lowest BCUT2D eigenvalue weighted by Gasteiger charge is -2.22. The first-order valence-electron chi connectivity index (χ1n) is 5.92. The van der Waals surface area contributed by atoms with E-state index < -0.39 is 0 Å². The van der Waals surface area contributed by atoms with Crippen LogP contribution in [-0.2, 0) is 13.1 Å². The zero-order chi connectivity index (χ0) is 12.8. The maximum atomic E-state index is 7.65. The van der Waals surface area contributed by atoms with Gasteiger partial charge in [0.15, 0.2) is 5.96 Å². The third-order valence-electron chi connectivity index (χ3n) is 2.77. The number of hydrogen-bond donors (Lipinski definition) is 2. The number of nitrogens with one attached hydrogen (secondary N) is 1. The molecule has 0 radical (unpaired) electrons. The van der Waals surface area contributed by atoms with Gasteiger partial charge in [-0.3, -0.25) is 5.41 Å². The number of guanidine groups is 1. The van der Waals surface area contributed by atoms with Crippen molar-refractivity contribution in [3.8, 4) is 0 Å². The molecule has 19 heavy (non-hydrogen) atoms. The summed E-state index contributed by atoms with van der Waals surface area (Å²) in [7, 11) is 0. The van der Waals surface area contributed by atoms with Crippen molar-refractivity contribution >= 4 is 18.4 Å².